The van der Waals surface area contributed by atoms with Crippen molar-refractivity contribution in [1.82, 2.24) is 4.90 Å². The summed E-state index contributed by atoms with van der Waals surface area (Å²) in [5.41, 5.74) is 2.06. The van der Waals surface area contributed by atoms with Gasteiger partial charge < -0.3 is 14.4 Å². The van der Waals surface area contributed by atoms with Crippen molar-refractivity contribution in [1.29, 1.82) is 0 Å². The SMILES string of the molecule is CC1Cc2ccc(F)cc2CN1C(=O)CCOC1CCOCC1. The van der Waals surface area contributed by atoms with Crippen LogP contribution in [0.25, 0.3) is 0 Å². The summed E-state index contributed by atoms with van der Waals surface area (Å²) >= 11 is 0. The Morgan fingerprint density at radius 1 is 1.35 bits per heavy atom. The van der Waals surface area contributed by atoms with E-state index in [2.05, 4.69) is 0 Å². The van der Waals surface area contributed by atoms with Gasteiger partial charge in [-0.3, -0.25) is 4.79 Å². The van der Waals surface area contributed by atoms with Crippen LogP contribution in [0.3, 0.4) is 0 Å². The van der Waals surface area contributed by atoms with E-state index in [1.54, 1.807) is 6.07 Å². The highest BCUT2D eigenvalue weighted by Crippen LogP contribution is 2.24. The molecular weight excluding hydrogens is 297 g/mol. The second kappa shape index (κ2) is 7.41. The summed E-state index contributed by atoms with van der Waals surface area (Å²) in [6, 6.07) is 5.01. The number of halogens is 1. The number of hydrogen-bond donors (Lipinski definition) is 0. The lowest BCUT2D eigenvalue weighted by Crippen LogP contribution is -2.43. The Kier molecular flexibility index (Phi) is 5.28. The lowest BCUT2D eigenvalue weighted by Gasteiger charge is -2.35. The molecule has 1 fully saturated rings. The highest BCUT2D eigenvalue weighted by molar-refractivity contribution is 5.77. The third-order valence-electron chi connectivity index (χ3n) is 4.71. The summed E-state index contributed by atoms with van der Waals surface area (Å²) in [5.74, 6) is -0.159. The minimum Gasteiger partial charge on any atom is -0.381 e. The van der Waals surface area contributed by atoms with Gasteiger partial charge in [-0.25, -0.2) is 4.39 Å². The second-order valence-corrected chi connectivity index (χ2v) is 6.42. The normalized spacial score (nSPS) is 22.0. The van der Waals surface area contributed by atoms with Crippen LogP contribution in [-0.4, -0.2) is 42.8 Å². The van der Waals surface area contributed by atoms with Crippen molar-refractivity contribution >= 4 is 5.91 Å². The Hall–Kier alpha value is -1.46. The maximum Gasteiger partial charge on any atom is 0.225 e. The number of fused-ring (bicyclic) bond motifs is 1. The summed E-state index contributed by atoms with van der Waals surface area (Å²) in [5, 5.41) is 0. The Morgan fingerprint density at radius 3 is 2.91 bits per heavy atom. The van der Waals surface area contributed by atoms with Gasteiger partial charge in [0.05, 0.1) is 19.1 Å². The molecule has 3 rings (SSSR count). The molecule has 1 atom stereocenters. The molecule has 2 aliphatic rings. The minimum atomic E-state index is -0.242. The first kappa shape index (κ1) is 16.4. The molecule has 0 aromatic heterocycles. The van der Waals surface area contributed by atoms with E-state index in [9.17, 15) is 9.18 Å². The zero-order valence-corrected chi connectivity index (χ0v) is 13.6. The first-order valence-corrected chi connectivity index (χ1v) is 8.39. The first-order valence-electron chi connectivity index (χ1n) is 8.39. The molecule has 1 aromatic rings. The van der Waals surface area contributed by atoms with Crippen molar-refractivity contribution in [3.8, 4) is 0 Å². The average Bonchev–Trinajstić information content (AvgIpc) is 2.55. The smallest absolute Gasteiger partial charge is 0.225 e. The van der Waals surface area contributed by atoms with Crippen LogP contribution < -0.4 is 0 Å². The Balaban J connectivity index is 1.52. The number of benzene rings is 1. The molecule has 0 radical (unpaired) electrons. The van der Waals surface area contributed by atoms with Gasteiger partial charge >= 0.3 is 0 Å². The molecule has 0 N–H and O–H groups in total. The largest absolute Gasteiger partial charge is 0.381 e. The van der Waals surface area contributed by atoms with Crippen LogP contribution in [0, 0.1) is 5.82 Å². The third kappa shape index (κ3) is 4.09. The molecule has 0 bridgehead atoms. The quantitative estimate of drug-likeness (QED) is 0.856. The maximum absolute atomic E-state index is 13.4. The lowest BCUT2D eigenvalue weighted by atomic mass is 9.94. The zero-order valence-electron chi connectivity index (χ0n) is 13.6. The van der Waals surface area contributed by atoms with Crippen LogP contribution in [0.15, 0.2) is 18.2 Å². The summed E-state index contributed by atoms with van der Waals surface area (Å²) in [4.78, 5) is 14.3. The Morgan fingerprint density at radius 2 is 2.13 bits per heavy atom. The number of carbonyl (C=O) groups is 1. The van der Waals surface area contributed by atoms with E-state index < -0.39 is 0 Å². The van der Waals surface area contributed by atoms with Gasteiger partial charge in [-0.1, -0.05) is 6.07 Å². The van der Waals surface area contributed by atoms with Gasteiger partial charge in [-0.2, -0.15) is 0 Å². The van der Waals surface area contributed by atoms with Crippen LogP contribution >= 0.6 is 0 Å². The molecule has 2 aliphatic heterocycles. The molecule has 0 spiro atoms. The molecule has 1 aromatic carbocycles. The fourth-order valence-electron chi connectivity index (χ4n) is 3.34. The predicted octanol–water partition coefficient (Wildman–Crippen LogP) is 2.68. The summed E-state index contributed by atoms with van der Waals surface area (Å²) in [6.07, 6.45) is 3.18. The molecular formula is C18H24FNO3. The summed E-state index contributed by atoms with van der Waals surface area (Å²) < 4.78 is 24.5. The fourth-order valence-corrected chi connectivity index (χ4v) is 3.34. The fraction of sp³-hybridized carbons (Fsp3) is 0.611. The molecule has 1 amide bonds. The average molecular weight is 321 g/mol. The number of hydrogen-bond acceptors (Lipinski definition) is 3. The molecule has 23 heavy (non-hydrogen) atoms. The molecule has 0 aliphatic carbocycles. The van der Waals surface area contributed by atoms with E-state index in [1.807, 2.05) is 17.9 Å². The Bertz CT molecular complexity index is 557. The van der Waals surface area contributed by atoms with E-state index in [-0.39, 0.29) is 23.9 Å². The molecule has 0 saturated carbocycles. The minimum absolute atomic E-state index is 0.0828. The molecule has 1 unspecified atom stereocenters. The van der Waals surface area contributed by atoms with Crippen molar-refractivity contribution in [3.05, 3.63) is 35.1 Å². The predicted molar refractivity (Wildman–Crippen MR) is 84.5 cm³/mol. The number of carbonyl (C=O) groups excluding carboxylic acids is 1. The van der Waals surface area contributed by atoms with Crippen molar-refractivity contribution in [2.45, 2.75) is 51.3 Å². The highest BCUT2D eigenvalue weighted by atomic mass is 19.1. The third-order valence-corrected chi connectivity index (χ3v) is 4.71. The van der Waals surface area contributed by atoms with Gasteiger partial charge in [-0.05, 0) is 49.4 Å². The van der Waals surface area contributed by atoms with Crippen molar-refractivity contribution in [2.24, 2.45) is 0 Å². The second-order valence-electron chi connectivity index (χ2n) is 6.42. The van der Waals surface area contributed by atoms with Crippen LogP contribution in [-0.2, 0) is 27.2 Å². The lowest BCUT2D eigenvalue weighted by molar-refractivity contribution is -0.136. The molecule has 4 nitrogen and oxygen atoms in total. The number of nitrogens with zero attached hydrogens (tertiary/aromatic N) is 1. The topological polar surface area (TPSA) is 38.8 Å². The number of amides is 1. The standard InChI is InChI=1S/C18H24FNO3/c1-13-10-14-2-3-16(19)11-15(14)12-20(13)18(21)6-9-23-17-4-7-22-8-5-17/h2-3,11,13,17H,4-10,12H2,1H3. The van der Waals surface area contributed by atoms with Gasteiger partial charge in [0.15, 0.2) is 0 Å². The number of rotatable bonds is 4. The molecule has 126 valence electrons. The van der Waals surface area contributed by atoms with E-state index in [0.29, 0.717) is 19.6 Å². The van der Waals surface area contributed by atoms with Crippen LogP contribution in [0.4, 0.5) is 4.39 Å². The van der Waals surface area contributed by atoms with Gasteiger partial charge in [0.2, 0.25) is 5.91 Å². The van der Waals surface area contributed by atoms with Crippen molar-refractivity contribution in [2.75, 3.05) is 19.8 Å². The van der Waals surface area contributed by atoms with E-state index in [1.165, 1.54) is 6.07 Å². The van der Waals surface area contributed by atoms with Crippen LogP contribution in [0.2, 0.25) is 0 Å². The van der Waals surface area contributed by atoms with E-state index in [4.69, 9.17) is 9.47 Å². The van der Waals surface area contributed by atoms with Gasteiger partial charge in [0.25, 0.3) is 0 Å². The highest BCUT2D eigenvalue weighted by Gasteiger charge is 2.27. The summed E-state index contributed by atoms with van der Waals surface area (Å²) in [7, 11) is 0. The van der Waals surface area contributed by atoms with Gasteiger partial charge in [0, 0.05) is 25.8 Å². The monoisotopic (exact) mass is 321 g/mol. The molecule has 1 saturated heterocycles. The number of ether oxygens (including phenoxy) is 2. The van der Waals surface area contributed by atoms with Crippen LogP contribution in [0.5, 0.6) is 0 Å². The van der Waals surface area contributed by atoms with Crippen molar-refractivity contribution in [3.63, 3.8) is 0 Å². The van der Waals surface area contributed by atoms with Gasteiger partial charge in [-0.15, -0.1) is 0 Å². The zero-order chi connectivity index (χ0) is 16.2. The maximum atomic E-state index is 13.4. The molecule has 5 heteroatoms. The van der Waals surface area contributed by atoms with Crippen molar-refractivity contribution < 1.29 is 18.7 Å². The first-order chi connectivity index (χ1) is 11.1. The Labute approximate surface area is 136 Å². The molecule has 2 heterocycles. The van der Waals surface area contributed by atoms with E-state index >= 15 is 0 Å². The summed E-state index contributed by atoms with van der Waals surface area (Å²) in [6.45, 7) is 4.46. The van der Waals surface area contributed by atoms with Gasteiger partial charge in [0.1, 0.15) is 5.82 Å². The van der Waals surface area contributed by atoms with Crippen LogP contribution in [0.1, 0.15) is 37.3 Å². The van der Waals surface area contributed by atoms with E-state index in [0.717, 1.165) is 43.6 Å².